The van der Waals surface area contributed by atoms with Crippen LogP contribution < -0.4 is 0 Å². The van der Waals surface area contributed by atoms with Gasteiger partial charge in [0.1, 0.15) is 0 Å². The highest BCUT2D eigenvalue weighted by molar-refractivity contribution is 5.87. The van der Waals surface area contributed by atoms with E-state index in [2.05, 4.69) is 4.74 Å². The summed E-state index contributed by atoms with van der Waals surface area (Å²) in [7, 11) is 0. The van der Waals surface area contributed by atoms with Crippen molar-refractivity contribution in [3.63, 3.8) is 0 Å². The second kappa shape index (κ2) is 9.41. The molecular formula is C20H10F12O3. The monoisotopic (exact) mass is 526 g/mol. The molecule has 3 nitrogen and oxygen atoms in total. The second-order valence-corrected chi connectivity index (χ2v) is 7.03. The number of alkyl halides is 12. The first-order valence-corrected chi connectivity index (χ1v) is 8.96. The third kappa shape index (κ3) is 7.89. The van der Waals surface area contributed by atoms with Crippen LogP contribution in [-0.4, -0.2) is 11.9 Å². The Morgan fingerprint density at radius 1 is 0.486 bits per heavy atom. The van der Waals surface area contributed by atoms with Crippen molar-refractivity contribution in [1.29, 1.82) is 0 Å². The summed E-state index contributed by atoms with van der Waals surface area (Å²) in [6.07, 6.45) is -23.5. The lowest BCUT2D eigenvalue weighted by Gasteiger charge is -2.14. The molecule has 0 saturated heterocycles. The van der Waals surface area contributed by atoms with Crippen LogP contribution in [0.25, 0.3) is 0 Å². The summed E-state index contributed by atoms with van der Waals surface area (Å²) in [5.41, 5.74) is -8.75. The Balaban J connectivity index is 2.23. The van der Waals surface area contributed by atoms with Crippen LogP contribution in [-0.2, 0) is 51.9 Å². The van der Waals surface area contributed by atoms with Gasteiger partial charge in [-0.1, -0.05) is 0 Å². The average Bonchev–Trinajstić information content (AvgIpc) is 2.64. The maximum absolute atomic E-state index is 12.9. The molecule has 0 aliphatic rings. The summed E-state index contributed by atoms with van der Waals surface area (Å²) in [6.45, 7) is 0. The number of carbonyl (C=O) groups excluding carboxylic acids is 2. The summed E-state index contributed by atoms with van der Waals surface area (Å²) in [6, 6.07) is 0.303. The molecular weight excluding hydrogens is 516 g/mol. The number of hydrogen-bond donors (Lipinski definition) is 0. The minimum absolute atomic E-state index is 0.184. The molecule has 0 radical (unpaired) electrons. The summed E-state index contributed by atoms with van der Waals surface area (Å²) in [4.78, 5) is 23.6. The number of benzene rings is 2. The van der Waals surface area contributed by atoms with Gasteiger partial charge in [-0.3, -0.25) is 9.59 Å². The second-order valence-electron chi connectivity index (χ2n) is 7.03. The summed E-state index contributed by atoms with van der Waals surface area (Å²) in [5.74, 6) is -3.38. The molecule has 15 heteroatoms. The number of hydrogen-bond acceptors (Lipinski definition) is 3. The van der Waals surface area contributed by atoms with Gasteiger partial charge in [0, 0.05) is 0 Å². The van der Waals surface area contributed by atoms with E-state index in [0.717, 1.165) is 0 Å². The van der Waals surface area contributed by atoms with Gasteiger partial charge in [0.25, 0.3) is 0 Å². The van der Waals surface area contributed by atoms with Crippen LogP contribution in [0.3, 0.4) is 0 Å². The van der Waals surface area contributed by atoms with Crippen LogP contribution in [0.4, 0.5) is 52.7 Å². The van der Waals surface area contributed by atoms with E-state index in [1.807, 2.05) is 0 Å². The van der Waals surface area contributed by atoms with Gasteiger partial charge in [0.2, 0.25) is 0 Å². The average molecular weight is 526 g/mol. The molecule has 2 aromatic carbocycles. The van der Waals surface area contributed by atoms with Crippen molar-refractivity contribution < 1.29 is 67.0 Å². The lowest BCUT2D eigenvalue weighted by molar-refractivity contribution is -0.159. The quantitative estimate of drug-likeness (QED) is 0.256. The fraction of sp³-hybridized carbons (Fsp3) is 0.300. The molecule has 0 heterocycles. The Morgan fingerprint density at radius 3 is 0.914 bits per heavy atom. The Kier molecular flexibility index (Phi) is 7.53. The molecule has 0 bridgehead atoms. The van der Waals surface area contributed by atoms with Crippen molar-refractivity contribution in [3.05, 3.63) is 69.8 Å². The van der Waals surface area contributed by atoms with Crippen molar-refractivity contribution in [3.8, 4) is 0 Å². The molecule has 0 atom stereocenters. The summed E-state index contributed by atoms with van der Waals surface area (Å²) in [5, 5.41) is 0. The Labute approximate surface area is 187 Å². The van der Waals surface area contributed by atoms with Crippen molar-refractivity contribution >= 4 is 11.9 Å². The van der Waals surface area contributed by atoms with E-state index in [4.69, 9.17) is 0 Å². The molecule has 0 spiro atoms. The van der Waals surface area contributed by atoms with E-state index in [0.29, 0.717) is 0 Å². The highest BCUT2D eigenvalue weighted by Crippen LogP contribution is 2.37. The Hall–Kier alpha value is -3.26. The van der Waals surface area contributed by atoms with Crippen molar-refractivity contribution in [2.24, 2.45) is 0 Å². The third-order valence-electron chi connectivity index (χ3n) is 4.22. The van der Waals surface area contributed by atoms with Gasteiger partial charge in [-0.25, -0.2) is 0 Å². The minimum atomic E-state index is -5.23. The first kappa shape index (κ1) is 28.0. The maximum Gasteiger partial charge on any atom is 0.416 e. The zero-order valence-electron chi connectivity index (χ0n) is 16.6. The highest BCUT2D eigenvalue weighted by Gasteiger charge is 2.38. The maximum atomic E-state index is 12.9. The molecule has 192 valence electrons. The topological polar surface area (TPSA) is 43.4 Å². The molecule has 0 N–H and O–H groups in total. The molecule has 0 aliphatic carbocycles. The van der Waals surface area contributed by atoms with Gasteiger partial charge < -0.3 is 4.74 Å². The Morgan fingerprint density at radius 2 is 0.714 bits per heavy atom. The van der Waals surface area contributed by atoms with Crippen LogP contribution in [0.5, 0.6) is 0 Å². The summed E-state index contributed by atoms with van der Waals surface area (Å²) < 4.78 is 158. The fourth-order valence-corrected chi connectivity index (χ4v) is 2.78. The number of rotatable bonds is 4. The van der Waals surface area contributed by atoms with Crippen molar-refractivity contribution in [2.45, 2.75) is 37.5 Å². The van der Waals surface area contributed by atoms with Crippen LogP contribution in [0.2, 0.25) is 0 Å². The van der Waals surface area contributed by atoms with E-state index in [9.17, 15) is 62.3 Å². The van der Waals surface area contributed by atoms with E-state index >= 15 is 0 Å². The minimum Gasteiger partial charge on any atom is -0.393 e. The molecule has 0 saturated carbocycles. The van der Waals surface area contributed by atoms with Crippen molar-refractivity contribution in [2.75, 3.05) is 0 Å². The third-order valence-corrected chi connectivity index (χ3v) is 4.22. The molecule has 2 aromatic rings. The van der Waals surface area contributed by atoms with Crippen LogP contribution in [0, 0.1) is 0 Å². The van der Waals surface area contributed by atoms with E-state index in [1.54, 1.807) is 0 Å². The first-order valence-electron chi connectivity index (χ1n) is 8.96. The van der Waals surface area contributed by atoms with Crippen LogP contribution >= 0.6 is 0 Å². The summed E-state index contributed by atoms with van der Waals surface area (Å²) >= 11 is 0. The van der Waals surface area contributed by atoms with Gasteiger partial charge in [-0.2, -0.15) is 52.7 Å². The molecule has 2 rings (SSSR count). The van der Waals surface area contributed by atoms with E-state index < -0.39 is 82.9 Å². The zero-order chi connectivity index (χ0) is 27.0. The van der Waals surface area contributed by atoms with Gasteiger partial charge in [0.05, 0.1) is 35.1 Å². The SMILES string of the molecule is O=C(Cc1cc(C(F)(F)F)cc(C(F)(F)F)c1)OC(=O)Cc1cc(C(F)(F)F)cc(C(F)(F)F)c1. The molecule has 0 aliphatic heterocycles. The van der Waals surface area contributed by atoms with E-state index in [1.165, 1.54) is 0 Å². The molecule has 0 aromatic heterocycles. The zero-order valence-corrected chi connectivity index (χ0v) is 16.6. The Bertz CT molecular complexity index is 956. The van der Waals surface area contributed by atoms with E-state index in [-0.39, 0.29) is 36.4 Å². The van der Waals surface area contributed by atoms with Crippen LogP contribution in [0.1, 0.15) is 33.4 Å². The molecule has 0 amide bonds. The number of carbonyl (C=O) groups is 2. The fourth-order valence-electron chi connectivity index (χ4n) is 2.78. The van der Waals surface area contributed by atoms with Gasteiger partial charge in [-0.15, -0.1) is 0 Å². The predicted molar refractivity (Wildman–Crippen MR) is 91.4 cm³/mol. The first-order chi connectivity index (χ1) is 15.7. The lowest BCUT2D eigenvalue weighted by Crippen LogP contribution is -2.18. The van der Waals surface area contributed by atoms with Gasteiger partial charge in [-0.05, 0) is 47.5 Å². The smallest absolute Gasteiger partial charge is 0.393 e. The standard InChI is InChI=1S/C20H10F12O3/c21-17(22,23)11-1-9(2-12(7-11)18(24,25)26)5-15(33)35-16(34)6-10-3-13(19(27,28)29)8-14(4-10)20(30,31)32/h1-4,7-8H,5-6H2. The van der Waals surface area contributed by atoms with Gasteiger partial charge in [0.15, 0.2) is 0 Å². The molecule has 35 heavy (non-hydrogen) atoms. The lowest BCUT2D eigenvalue weighted by atomic mass is 10.0. The number of halogens is 12. The van der Waals surface area contributed by atoms with Crippen molar-refractivity contribution in [1.82, 2.24) is 0 Å². The highest BCUT2D eigenvalue weighted by atomic mass is 19.4. The molecule has 0 unspecified atom stereocenters. The largest absolute Gasteiger partial charge is 0.416 e. The normalized spacial score (nSPS) is 13.0. The predicted octanol–water partition coefficient (Wildman–Crippen LogP) is 6.62. The van der Waals surface area contributed by atoms with Gasteiger partial charge >= 0.3 is 36.6 Å². The van der Waals surface area contributed by atoms with Crippen LogP contribution in [0.15, 0.2) is 36.4 Å². The number of esters is 2. The molecule has 0 fully saturated rings. The number of ether oxygens (including phenoxy) is 1.